The van der Waals surface area contributed by atoms with Gasteiger partial charge in [0.25, 0.3) is 5.56 Å². The van der Waals surface area contributed by atoms with Crippen LogP contribution in [0.5, 0.6) is 0 Å². The fourth-order valence-corrected chi connectivity index (χ4v) is 2.35. The molecule has 0 aliphatic heterocycles. The molecule has 0 fully saturated rings. The number of H-pyrrole nitrogens is 2. The Morgan fingerprint density at radius 3 is 3.15 bits per heavy atom. The van der Waals surface area contributed by atoms with E-state index in [1.54, 1.807) is 10.8 Å². The number of hydrogen-bond acceptors (Lipinski definition) is 2. The molecule has 0 bridgehead atoms. The Balaban J connectivity index is 2.20. The molecule has 3 aromatic heterocycles. The van der Waals surface area contributed by atoms with Crippen LogP contribution in [-0.2, 0) is 6.54 Å². The monoisotopic (exact) mass is 268 g/mol. The standard InChI is InChI=1S/C15H16N4O/c1-3-7-19-10(2)18-13(15(19)20)8-11-9-17-14-12(11)5-4-6-16-14/h4-6,8-9,18H,2-3,7H2,1H3,(H,16,17). The van der Waals surface area contributed by atoms with Crippen molar-refractivity contribution < 1.29 is 0 Å². The number of rotatable bonds is 3. The normalized spacial score (nSPS) is 12.3. The van der Waals surface area contributed by atoms with Crippen molar-refractivity contribution in [3.63, 3.8) is 0 Å². The van der Waals surface area contributed by atoms with E-state index in [9.17, 15) is 4.79 Å². The van der Waals surface area contributed by atoms with Crippen molar-refractivity contribution in [2.45, 2.75) is 19.9 Å². The third-order valence-electron chi connectivity index (χ3n) is 3.31. The van der Waals surface area contributed by atoms with Gasteiger partial charge in [0.15, 0.2) is 0 Å². The van der Waals surface area contributed by atoms with Gasteiger partial charge in [0.2, 0.25) is 0 Å². The molecule has 3 heterocycles. The van der Waals surface area contributed by atoms with E-state index in [0.717, 1.165) is 23.0 Å². The Kier molecular flexibility index (Phi) is 3.02. The first-order chi connectivity index (χ1) is 9.70. The molecule has 0 aliphatic rings. The molecule has 0 unspecified atom stereocenters. The van der Waals surface area contributed by atoms with Crippen molar-refractivity contribution in [3.8, 4) is 0 Å². The SMILES string of the molecule is C=c1[nH]c(=Cc2c[nH]c3ncccc23)c(=O)n1CCC. The van der Waals surface area contributed by atoms with Crippen molar-refractivity contribution in [3.05, 3.63) is 51.3 Å². The molecule has 2 N–H and O–H groups in total. The maximum atomic E-state index is 12.3. The van der Waals surface area contributed by atoms with E-state index in [1.165, 1.54) is 0 Å². The second-order valence-electron chi connectivity index (χ2n) is 4.73. The fraction of sp³-hybridized carbons (Fsp3) is 0.200. The highest BCUT2D eigenvalue weighted by molar-refractivity contribution is 5.85. The lowest BCUT2D eigenvalue weighted by molar-refractivity contribution is 0.642. The molecule has 5 heteroatoms. The summed E-state index contributed by atoms with van der Waals surface area (Å²) in [6.45, 7) is 6.59. The zero-order chi connectivity index (χ0) is 14.1. The smallest absolute Gasteiger partial charge is 0.275 e. The second kappa shape index (κ2) is 4.85. The van der Waals surface area contributed by atoms with Gasteiger partial charge in [0.05, 0.1) is 0 Å². The molecule has 5 nitrogen and oxygen atoms in total. The summed E-state index contributed by atoms with van der Waals surface area (Å²) in [7, 11) is 0. The van der Waals surface area contributed by atoms with Gasteiger partial charge in [-0.05, 0) is 24.6 Å². The average molecular weight is 268 g/mol. The summed E-state index contributed by atoms with van der Waals surface area (Å²) in [5.41, 5.74) is 2.36. The first-order valence-electron chi connectivity index (χ1n) is 6.62. The van der Waals surface area contributed by atoms with Crippen molar-refractivity contribution >= 4 is 23.7 Å². The Morgan fingerprint density at radius 2 is 2.35 bits per heavy atom. The van der Waals surface area contributed by atoms with Gasteiger partial charge in [-0.3, -0.25) is 9.36 Å². The zero-order valence-electron chi connectivity index (χ0n) is 11.3. The van der Waals surface area contributed by atoms with Crippen LogP contribution in [0.2, 0.25) is 0 Å². The topological polar surface area (TPSA) is 66.5 Å². The molecule has 0 atom stereocenters. The van der Waals surface area contributed by atoms with Crippen LogP contribution in [0.15, 0.2) is 29.3 Å². The largest absolute Gasteiger partial charge is 0.346 e. The lowest BCUT2D eigenvalue weighted by Crippen LogP contribution is -2.30. The molecule has 0 aromatic carbocycles. The van der Waals surface area contributed by atoms with Crippen molar-refractivity contribution in [2.24, 2.45) is 0 Å². The highest BCUT2D eigenvalue weighted by Crippen LogP contribution is 2.15. The van der Waals surface area contributed by atoms with Crippen molar-refractivity contribution in [1.82, 2.24) is 19.5 Å². The van der Waals surface area contributed by atoms with Crippen molar-refractivity contribution in [1.29, 1.82) is 0 Å². The lowest BCUT2D eigenvalue weighted by atomic mass is 10.2. The minimum Gasteiger partial charge on any atom is -0.346 e. The molecule has 3 rings (SSSR count). The minimum absolute atomic E-state index is 0.0323. The molecule has 0 amide bonds. The molecular weight excluding hydrogens is 252 g/mol. The van der Waals surface area contributed by atoms with E-state index in [2.05, 4.69) is 21.5 Å². The predicted molar refractivity (Wildman–Crippen MR) is 79.8 cm³/mol. The molecular formula is C15H16N4O. The third-order valence-corrected chi connectivity index (χ3v) is 3.31. The number of hydrogen-bond donors (Lipinski definition) is 2. The van der Waals surface area contributed by atoms with Gasteiger partial charge >= 0.3 is 0 Å². The quantitative estimate of drug-likeness (QED) is 0.734. The summed E-state index contributed by atoms with van der Waals surface area (Å²) < 4.78 is 1.67. The van der Waals surface area contributed by atoms with Crippen LogP contribution in [-0.4, -0.2) is 19.5 Å². The Morgan fingerprint density at radius 1 is 1.50 bits per heavy atom. The molecule has 0 saturated carbocycles. The summed E-state index contributed by atoms with van der Waals surface area (Å²) in [6, 6.07) is 3.85. The van der Waals surface area contributed by atoms with E-state index in [1.807, 2.05) is 31.3 Å². The molecule has 20 heavy (non-hydrogen) atoms. The third kappa shape index (κ3) is 1.97. The molecule has 3 aromatic rings. The van der Waals surface area contributed by atoms with Gasteiger partial charge in [0.1, 0.15) is 16.5 Å². The molecule has 0 aliphatic carbocycles. The molecule has 102 valence electrons. The molecule has 0 spiro atoms. The number of imidazole rings is 1. The van der Waals surface area contributed by atoms with E-state index in [-0.39, 0.29) is 5.56 Å². The van der Waals surface area contributed by atoms with Crippen LogP contribution >= 0.6 is 0 Å². The number of aromatic amines is 2. The van der Waals surface area contributed by atoms with Gasteiger partial charge < -0.3 is 9.97 Å². The van der Waals surface area contributed by atoms with Crippen LogP contribution in [0.3, 0.4) is 0 Å². The summed E-state index contributed by atoms with van der Waals surface area (Å²) in [5.74, 6) is 0. The number of fused-ring (bicyclic) bond motifs is 1. The van der Waals surface area contributed by atoms with Gasteiger partial charge in [-0.2, -0.15) is 0 Å². The van der Waals surface area contributed by atoms with Gasteiger partial charge in [-0.25, -0.2) is 4.98 Å². The number of nitrogens with zero attached hydrogens (tertiary/aromatic N) is 2. The van der Waals surface area contributed by atoms with Crippen LogP contribution in [0.1, 0.15) is 18.9 Å². The molecule has 0 saturated heterocycles. The summed E-state index contributed by atoms with van der Waals surface area (Å²) in [5, 5.41) is 1.54. The lowest BCUT2D eigenvalue weighted by Gasteiger charge is -1.94. The Hall–Kier alpha value is -2.56. The molecule has 0 radical (unpaired) electrons. The summed E-state index contributed by atoms with van der Waals surface area (Å²) in [6.07, 6.45) is 6.32. The van der Waals surface area contributed by atoms with E-state index >= 15 is 0 Å². The Labute approximate surface area is 115 Å². The highest BCUT2D eigenvalue weighted by Gasteiger charge is 2.04. The van der Waals surface area contributed by atoms with Crippen molar-refractivity contribution in [2.75, 3.05) is 0 Å². The van der Waals surface area contributed by atoms with Crippen LogP contribution < -0.4 is 16.4 Å². The maximum absolute atomic E-state index is 12.3. The van der Waals surface area contributed by atoms with Crippen LogP contribution in [0, 0.1) is 0 Å². The predicted octanol–water partition coefficient (Wildman–Crippen LogP) is 0.702. The second-order valence-corrected chi connectivity index (χ2v) is 4.73. The van der Waals surface area contributed by atoms with Crippen LogP contribution in [0.25, 0.3) is 23.7 Å². The van der Waals surface area contributed by atoms with E-state index < -0.39 is 0 Å². The summed E-state index contributed by atoms with van der Waals surface area (Å²) in [4.78, 5) is 22.7. The zero-order valence-corrected chi connectivity index (χ0v) is 11.3. The highest BCUT2D eigenvalue weighted by atomic mass is 16.1. The van der Waals surface area contributed by atoms with E-state index in [4.69, 9.17) is 0 Å². The van der Waals surface area contributed by atoms with Gasteiger partial charge in [-0.15, -0.1) is 0 Å². The van der Waals surface area contributed by atoms with Crippen LogP contribution in [0.4, 0.5) is 0 Å². The number of aromatic nitrogens is 4. The number of nitrogens with one attached hydrogen (secondary N) is 2. The fourth-order valence-electron chi connectivity index (χ4n) is 2.35. The van der Waals surface area contributed by atoms with E-state index in [0.29, 0.717) is 17.4 Å². The van der Waals surface area contributed by atoms with Gasteiger partial charge in [-0.1, -0.05) is 13.5 Å². The first kappa shape index (κ1) is 12.5. The Bertz CT molecular complexity index is 913. The maximum Gasteiger partial charge on any atom is 0.275 e. The minimum atomic E-state index is -0.0323. The summed E-state index contributed by atoms with van der Waals surface area (Å²) >= 11 is 0. The van der Waals surface area contributed by atoms with Gasteiger partial charge in [0, 0.05) is 29.9 Å². The first-order valence-corrected chi connectivity index (χ1v) is 6.62. The number of pyridine rings is 1. The average Bonchev–Trinajstić information content (AvgIpc) is 2.97.